The molecular formula is C24H23N5O2S. The van der Waals surface area contributed by atoms with Gasteiger partial charge in [0.15, 0.2) is 4.96 Å². The highest BCUT2D eigenvalue weighted by molar-refractivity contribution is 7.15. The molecule has 2 aromatic heterocycles. The van der Waals surface area contributed by atoms with Gasteiger partial charge in [-0.25, -0.2) is 9.78 Å². The highest BCUT2D eigenvalue weighted by Gasteiger charge is 2.28. The van der Waals surface area contributed by atoms with Crippen LogP contribution in [0.4, 0.5) is 16.2 Å². The molecule has 1 atom stereocenters. The Kier molecular flexibility index (Phi) is 5.60. The van der Waals surface area contributed by atoms with Gasteiger partial charge in [0, 0.05) is 47.8 Å². The van der Waals surface area contributed by atoms with E-state index in [0.29, 0.717) is 13.1 Å². The van der Waals surface area contributed by atoms with Crippen molar-refractivity contribution in [2.24, 2.45) is 5.92 Å². The summed E-state index contributed by atoms with van der Waals surface area (Å²) in [7, 11) is 0. The number of urea groups is 1. The highest BCUT2D eigenvalue weighted by atomic mass is 32.1. The van der Waals surface area contributed by atoms with Crippen molar-refractivity contribution in [2.75, 3.05) is 23.7 Å². The molecule has 2 N–H and O–H groups in total. The topological polar surface area (TPSA) is 78.7 Å². The molecule has 0 saturated carbocycles. The molecule has 3 heterocycles. The summed E-state index contributed by atoms with van der Waals surface area (Å²) in [6.07, 6.45) is 5.55. The van der Waals surface area contributed by atoms with Gasteiger partial charge >= 0.3 is 6.03 Å². The van der Waals surface area contributed by atoms with E-state index in [0.717, 1.165) is 40.4 Å². The number of nitrogens with zero attached hydrogens (tertiary/aromatic N) is 3. The van der Waals surface area contributed by atoms with E-state index < -0.39 is 0 Å². The second-order valence-corrected chi connectivity index (χ2v) is 8.74. The number of thiazole rings is 1. The quantitative estimate of drug-likeness (QED) is 0.467. The summed E-state index contributed by atoms with van der Waals surface area (Å²) in [6.45, 7) is 1.06. The molecule has 7 nitrogen and oxygen atoms in total. The minimum atomic E-state index is -0.232. The molecule has 32 heavy (non-hydrogen) atoms. The minimum Gasteiger partial charge on any atom is -0.326 e. The third-order valence-corrected chi connectivity index (χ3v) is 6.42. The summed E-state index contributed by atoms with van der Waals surface area (Å²) in [5.41, 5.74) is 3.40. The molecule has 8 heteroatoms. The number of carbonyl (C=O) groups excluding carboxylic acids is 2. The van der Waals surface area contributed by atoms with Crippen LogP contribution < -0.4 is 10.6 Å². The highest BCUT2D eigenvalue weighted by Crippen LogP contribution is 2.24. The number of hydrogen-bond donors (Lipinski definition) is 2. The summed E-state index contributed by atoms with van der Waals surface area (Å²) >= 11 is 1.59. The Morgan fingerprint density at radius 2 is 1.78 bits per heavy atom. The summed E-state index contributed by atoms with van der Waals surface area (Å²) in [6, 6.07) is 16.9. The zero-order valence-electron chi connectivity index (χ0n) is 17.4. The van der Waals surface area contributed by atoms with Crippen LogP contribution in [0.1, 0.15) is 12.8 Å². The van der Waals surface area contributed by atoms with Crippen molar-refractivity contribution in [3.8, 4) is 11.3 Å². The van der Waals surface area contributed by atoms with E-state index in [9.17, 15) is 9.59 Å². The number of amides is 3. The second-order valence-electron chi connectivity index (χ2n) is 7.87. The van der Waals surface area contributed by atoms with Crippen molar-refractivity contribution < 1.29 is 9.59 Å². The molecule has 1 fully saturated rings. The molecule has 0 bridgehead atoms. The van der Waals surface area contributed by atoms with Crippen LogP contribution in [0.3, 0.4) is 0 Å². The number of likely N-dealkylation sites (tertiary alicyclic amines) is 1. The first kappa shape index (κ1) is 20.3. The van der Waals surface area contributed by atoms with Crippen LogP contribution in [0.25, 0.3) is 16.2 Å². The normalized spacial score (nSPS) is 16.1. The summed E-state index contributed by atoms with van der Waals surface area (Å²) in [5.74, 6) is -0.289. The van der Waals surface area contributed by atoms with Crippen LogP contribution in [0.2, 0.25) is 0 Å². The Bertz CT molecular complexity index is 1200. The third-order valence-electron chi connectivity index (χ3n) is 5.65. The zero-order valence-corrected chi connectivity index (χ0v) is 18.2. The Morgan fingerprint density at radius 3 is 2.56 bits per heavy atom. The van der Waals surface area contributed by atoms with Crippen LogP contribution in [0.5, 0.6) is 0 Å². The molecule has 2 aromatic carbocycles. The van der Waals surface area contributed by atoms with Crippen LogP contribution >= 0.6 is 11.3 Å². The van der Waals surface area contributed by atoms with Crippen molar-refractivity contribution in [1.82, 2.24) is 14.3 Å². The number of fused-ring (bicyclic) bond motifs is 1. The Hall–Kier alpha value is -3.65. The number of piperidine rings is 1. The van der Waals surface area contributed by atoms with E-state index in [1.807, 2.05) is 76.8 Å². The molecule has 5 rings (SSSR count). The summed E-state index contributed by atoms with van der Waals surface area (Å²) in [4.78, 5) is 32.7. The predicted octanol–water partition coefficient (Wildman–Crippen LogP) is 4.95. The van der Waals surface area contributed by atoms with Gasteiger partial charge in [-0.2, -0.15) is 0 Å². The number of nitrogens with one attached hydrogen (secondary N) is 2. The maximum absolute atomic E-state index is 12.8. The van der Waals surface area contributed by atoms with Gasteiger partial charge in [-0.15, -0.1) is 11.3 Å². The Balaban J connectivity index is 1.19. The molecule has 1 aliphatic heterocycles. The van der Waals surface area contributed by atoms with Crippen molar-refractivity contribution in [2.45, 2.75) is 12.8 Å². The number of benzene rings is 2. The van der Waals surface area contributed by atoms with Crippen LogP contribution in [-0.2, 0) is 4.79 Å². The van der Waals surface area contributed by atoms with E-state index >= 15 is 0 Å². The number of hydrogen-bond acceptors (Lipinski definition) is 4. The number of imidazole rings is 1. The molecule has 0 unspecified atom stereocenters. The second kappa shape index (κ2) is 8.84. The Morgan fingerprint density at radius 1 is 1.00 bits per heavy atom. The lowest BCUT2D eigenvalue weighted by molar-refractivity contribution is -0.121. The lowest BCUT2D eigenvalue weighted by atomic mass is 9.97. The van der Waals surface area contributed by atoms with Crippen LogP contribution in [-0.4, -0.2) is 39.3 Å². The molecule has 1 aliphatic rings. The van der Waals surface area contributed by atoms with Crippen molar-refractivity contribution in [3.05, 3.63) is 72.4 Å². The van der Waals surface area contributed by atoms with Gasteiger partial charge in [-0.05, 0) is 37.1 Å². The van der Waals surface area contributed by atoms with Gasteiger partial charge in [-0.1, -0.05) is 30.3 Å². The van der Waals surface area contributed by atoms with Crippen molar-refractivity contribution >= 4 is 39.6 Å². The van der Waals surface area contributed by atoms with E-state index in [4.69, 9.17) is 0 Å². The number of rotatable bonds is 4. The Labute approximate surface area is 189 Å². The van der Waals surface area contributed by atoms with Crippen molar-refractivity contribution in [1.29, 1.82) is 0 Å². The van der Waals surface area contributed by atoms with Gasteiger partial charge in [-0.3, -0.25) is 9.20 Å². The minimum absolute atomic E-state index is 0.0579. The number of anilines is 2. The zero-order chi connectivity index (χ0) is 21.9. The average molecular weight is 446 g/mol. The standard InChI is InChI=1S/C24H23N5O2S/c30-22(18-5-4-12-28(15-18)23(31)26-19-6-2-1-3-7-19)25-20-10-8-17(9-11-20)21-16-29-13-14-32-24(29)27-21/h1-3,6-11,13-14,16,18H,4-5,12,15H2,(H,25,30)(H,26,31)/t18-/m0/s1. The summed E-state index contributed by atoms with van der Waals surface area (Å²) in [5, 5.41) is 7.90. The lowest BCUT2D eigenvalue weighted by Crippen LogP contribution is -2.45. The van der Waals surface area contributed by atoms with Crippen LogP contribution in [0.15, 0.2) is 72.4 Å². The molecule has 4 aromatic rings. The first-order chi connectivity index (χ1) is 15.7. The molecule has 1 saturated heterocycles. The van der Waals surface area contributed by atoms with E-state index in [1.165, 1.54) is 0 Å². The van der Waals surface area contributed by atoms with E-state index in [1.54, 1.807) is 16.2 Å². The molecular weight excluding hydrogens is 422 g/mol. The number of carbonyl (C=O) groups is 2. The van der Waals surface area contributed by atoms with Crippen LogP contribution in [0, 0.1) is 5.92 Å². The average Bonchev–Trinajstić information content (AvgIpc) is 3.43. The van der Waals surface area contributed by atoms with E-state index in [2.05, 4.69) is 15.6 Å². The van der Waals surface area contributed by atoms with Gasteiger partial charge in [0.05, 0.1) is 11.6 Å². The van der Waals surface area contributed by atoms with Gasteiger partial charge in [0.2, 0.25) is 5.91 Å². The fourth-order valence-corrected chi connectivity index (χ4v) is 4.63. The largest absolute Gasteiger partial charge is 0.326 e. The number of aromatic nitrogens is 2. The van der Waals surface area contributed by atoms with Gasteiger partial charge in [0.1, 0.15) is 0 Å². The predicted molar refractivity (Wildman–Crippen MR) is 127 cm³/mol. The molecule has 0 radical (unpaired) electrons. The number of para-hydroxylation sites is 1. The molecule has 0 aliphatic carbocycles. The van der Waals surface area contributed by atoms with E-state index in [-0.39, 0.29) is 17.9 Å². The maximum atomic E-state index is 12.8. The van der Waals surface area contributed by atoms with Crippen molar-refractivity contribution in [3.63, 3.8) is 0 Å². The SMILES string of the molecule is O=C(Nc1ccc(-c2cn3ccsc3n2)cc1)[C@H]1CCCN(C(=O)Nc2ccccc2)C1. The van der Waals surface area contributed by atoms with Gasteiger partial charge in [0.25, 0.3) is 0 Å². The fourth-order valence-electron chi connectivity index (χ4n) is 3.93. The fraction of sp³-hybridized carbons (Fsp3) is 0.208. The molecule has 162 valence electrons. The first-order valence-corrected chi connectivity index (χ1v) is 11.5. The maximum Gasteiger partial charge on any atom is 0.321 e. The molecule has 0 spiro atoms. The monoisotopic (exact) mass is 445 g/mol. The first-order valence-electron chi connectivity index (χ1n) is 10.6. The third kappa shape index (κ3) is 4.36. The van der Waals surface area contributed by atoms with Gasteiger partial charge < -0.3 is 15.5 Å². The summed E-state index contributed by atoms with van der Waals surface area (Å²) < 4.78 is 2.00. The smallest absolute Gasteiger partial charge is 0.321 e. The lowest BCUT2D eigenvalue weighted by Gasteiger charge is -2.32. The molecule has 3 amide bonds.